The maximum Gasteiger partial charge on any atom is 0.123 e. The van der Waals surface area contributed by atoms with E-state index in [2.05, 4.69) is 21.9 Å². The van der Waals surface area contributed by atoms with Crippen molar-refractivity contribution in [2.24, 2.45) is 0 Å². The molecule has 23 heavy (non-hydrogen) atoms. The van der Waals surface area contributed by atoms with Crippen molar-refractivity contribution in [2.75, 3.05) is 6.61 Å². The van der Waals surface area contributed by atoms with Crippen molar-refractivity contribution in [2.45, 2.75) is 19.8 Å². The standard InChI is InChI=1S/C19H19N3O/c1-2-3-13-23-15-10-12-21-19(14-15)18-9-6-8-17(22-18)16-7-4-5-11-20-16/h4-12,14H,2-3,13H2,1H3. The van der Waals surface area contributed by atoms with E-state index in [4.69, 9.17) is 4.74 Å². The van der Waals surface area contributed by atoms with Crippen LogP contribution in [0.15, 0.2) is 60.9 Å². The molecule has 0 unspecified atom stereocenters. The van der Waals surface area contributed by atoms with E-state index >= 15 is 0 Å². The predicted octanol–water partition coefficient (Wildman–Crippen LogP) is 4.38. The number of ether oxygens (including phenoxy) is 1. The smallest absolute Gasteiger partial charge is 0.123 e. The maximum atomic E-state index is 5.74. The first kappa shape index (κ1) is 15.2. The number of rotatable bonds is 6. The molecule has 116 valence electrons. The molecule has 0 saturated carbocycles. The molecule has 0 radical (unpaired) electrons. The fraction of sp³-hybridized carbons (Fsp3) is 0.211. The molecule has 0 bridgehead atoms. The SMILES string of the molecule is CCCCOc1ccnc(-c2cccc(-c3ccccn3)n2)c1. The Morgan fingerprint density at radius 1 is 0.826 bits per heavy atom. The molecule has 0 saturated heterocycles. The van der Waals surface area contributed by atoms with Crippen LogP contribution in [0.25, 0.3) is 22.8 Å². The lowest BCUT2D eigenvalue weighted by atomic mass is 10.2. The number of aromatic nitrogens is 3. The zero-order valence-electron chi connectivity index (χ0n) is 13.1. The lowest BCUT2D eigenvalue weighted by Gasteiger charge is -2.07. The van der Waals surface area contributed by atoms with E-state index in [0.29, 0.717) is 0 Å². The minimum absolute atomic E-state index is 0.724. The van der Waals surface area contributed by atoms with Gasteiger partial charge in [0.25, 0.3) is 0 Å². The summed E-state index contributed by atoms with van der Waals surface area (Å²) in [5.41, 5.74) is 3.30. The molecular formula is C19H19N3O. The highest BCUT2D eigenvalue weighted by Gasteiger charge is 2.06. The Kier molecular flexibility index (Phi) is 4.94. The Labute approximate surface area is 136 Å². The van der Waals surface area contributed by atoms with Gasteiger partial charge in [-0.05, 0) is 36.8 Å². The summed E-state index contributed by atoms with van der Waals surface area (Å²) in [5, 5.41) is 0. The summed E-state index contributed by atoms with van der Waals surface area (Å²) in [7, 11) is 0. The normalized spacial score (nSPS) is 10.5. The van der Waals surface area contributed by atoms with Crippen LogP contribution in [0.3, 0.4) is 0 Å². The third kappa shape index (κ3) is 3.92. The molecule has 4 heteroatoms. The van der Waals surface area contributed by atoms with Gasteiger partial charge in [0, 0.05) is 18.5 Å². The van der Waals surface area contributed by atoms with Crippen LogP contribution in [0, 0.1) is 0 Å². The van der Waals surface area contributed by atoms with Gasteiger partial charge in [0.05, 0.1) is 29.4 Å². The largest absolute Gasteiger partial charge is 0.493 e. The Hall–Kier alpha value is -2.75. The molecule has 0 aromatic carbocycles. The van der Waals surface area contributed by atoms with E-state index in [9.17, 15) is 0 Å². The topological polar surface area (TPSA) is 47.9 Å². The van der Waals surface area contributed by atoms with E-state index in [1.807, 2.05) is 48.5 Å². The number of nitrogens with zero attached hydrogens (tertiary/aromatic N) is 3. The van der Waals surface area contributed by atoms with Crippen LogP contribution in [0.5, 0.6) is 5.75 Å². The van der Waals surface area contributed by atoms with Crippen molar-refractivity contribution >= 4 is 0 Å². The van der Waals surface area contributed by atoms with E-state index in [1.54, 1.807) is 12.4 Å². The summed E-state index contributed by atoms with van der Waals surface area (Å²) >= 11 is 0. The van der Waals surface area contributed by atoms with Crippen LogP contribution in [0.1, 0.15) is 19.8 Å². The summed E-state index contributed by atoms with van der Waals surface area (Å²) in [6.45, 7) is 2.87. The minimum atomic E-state index is 0.724. The average Bonchev–Trinajstić information content (AvgIpc) is 2.63. The number of hydrogen-bond donors (Lipinski definition) is 0. The zero-order chi connectivity index (χ0) is 15.9. The fourth-order valence-corrected chi connectivity index (χ4v) is 2.21. The van der Waals surface area contributed by atoms with Crippen LogP contribution in [0.4, 0.5) is 0 Å². The van der Waals surface area contributed by atoms with E-state index < -0.39 is 0 Å². The second-order valence-corrected chi connectivity index (χ2v) is 5.20. The molecule has 0 spiro atoms. The fourth-order valence-electron chi connectivity index (χ4n) is 2.21. The van der Waals surface area contributed by atoms with Crippen molar-refractivity contribution < 1.29 is 4.74 Å². The molecule has 0 fully saturated rings. The molecule has 3 aromatic heterocycles. The molecule has 0 amide bonds. The Morgan fingerprint density at radius 3 is 2.39 bits per heavy atom. The van der Waals surface area contributed by atoms with Crippen LogP contribution in [-0.2, 0) is 0 Å². The Bertz CT molecular complexity index is 759. The number of pyridine rings is 3. The predicted molar refractivity (Wildman–Crippen MR) is 91.1 cm³/mol. The molecule has 3 heterocycles. The lowest BCUT2D eigenvalue weighted by Crippen LogP contribution is -1.97. The second kappa shape index (κ2) is 7.49. The first-order valence-corrected chi connectivity index (χ1v) is 7.84. The Morgan fingerprint density at radius 2 is 1.61 bits per heavy atom. The van der Waals surface area contributed by atoms with Gasteiger partial charge in [0.15, 0.2) is 0 Å². The van der Waals surface area contributed by atoms with Crippen molar-refractivity contribution in [1.82, 2.24) is 15.0 Å². The van der Waals surface area contributed by atoms with E-state index in [0.717, 1.165) is 48.0 Å². The van der Waals surface area contributed by atoms with Gasteiger partial charge in [-0.3, -0.25) is 9.97 Å². The zero-order valence-corrected chi connectivity index (χ0v) is 13.1. The number of unbranched alkanes of at least 4 members (excludes halogenated alkanes) is 1. The van der Waals surface area contributed by atoms with Gasteiger partial charge in [-0.25, -0.2) is 4.98 Å². The van der Waals surface area contributed by atoms with Crippen molar-refractivity contribution in [3.8, 4) is 28.5 Å². The molecule has 0 atom stereocenters. The van der Waals surface area contributed by atoms with Gasteiger partial charge in [-0.2, -0.15) is 0 Å². The summed E-state index contributed by atoms with van der Waals surface area (Å²) in [5.74, 6) is 0.827. The summed E-state index contributed by atoms with van der Waals surface area (Å²) < 4.78 is 5.74. The third-order valence-corrected chi connectivity index (χ3v) is 3.44. The van der Waals surface area contributed by atoms with E-state index in [1.165, 1.54) is 0 Å². The molecule has 4 nitrogen and oxygen atoms in total. The van der Waals surface area contributed by atoms with Gasteiger partial charge in [0.2, 0.25) is 0 Å². The first-order valence-electron chi connectivity index (χ1n) is 7.84. The first-order chi connectivity index (χ1) is 11.4. The molecule has 3 rings (SSSR count). The van der Waals surface area contributed by atoms with Gasteiger partial charge >= 0.3 is 0 Å². The third-order valence-electron chi connectivity index (χ3n) is 3.44. The number of hydrogen-bond acceptors (Lipinski definition) is 4. The van der Waals surface area contributed by atoms with Gasteiger partial charge in [-0.1, -0.05) is 25.5 Å². The highest BCUT2D eigenvalue weighted by atomic mass is 16.5. The van der Waals surface area contributed by atoms with Crippen molar-refractivity contribution in [3.05, 3.63) is 60.9 Å². The van der Waals surface area contributed by atoms with E-state index in [-0.39, 0.29) is 0 Å². The maximum absolute atomic E-state index is 5.74. The van der Waals surface area contributed by atoms with Crippen LogP contribution in [-0.4, -0.2) is 21.6 Å². The summed E-state index contributed by atoms with van der Waals surface area (Å²) in [4.78, 5) is 13.4. The molecule has 3 aromatic rings. The molecule has 0 aliphatic carbocycles. The highest BCUT2D eigenvalue weighted by Crippen LogP contribution is 2.22. The summed E-state index contributed by atoms with van der Waals surface area (Å²) in [6.07, 6.45) is 5.69. The van der Waals surface area contributed by atoms with Crippen LogP contribution in [0.2, 0.25) is 0 Å². The van der Waals surface area contributed by atoms with Crippen LogP contribution >= 0.6 is 0 Å². The van der Waals surface area contributed by atoms with Gasteiger partial charge < -0.3 is 4.74 Å². The summed E-state index contributed by atoms with van der Waals surface area (Å²) in [6, 6.07) is 15.5. The van der Waals surface area contributed by atoms with Crippen LogP contribution < -0.4 is 4.74 Å². The highest BCUT2D eigenvalue weighted by molar-refractivity contribution is 5.62. The van der Waals surface area contributed by atoms with Crippen molar-refractivity contribution in [3.63, 3.8) is 0 Å². The lowest BCUT2D eigenvalue weighted by molar-refractivity contribution is 0.309. The minimum Gasteiger partial charge on any atom is -0.493 e. The molecule has 0 aliphatic rings. The van der Waals surface area contributed by atoms with Crippen molar-refractivity contribution in [1.29, 1.82) is 0 Å². The second-order valence-electron chi connectivity index (χ2n) is 5.20. The Balaban J connectivity index is 1.86. The average molecular weight is 305 g/mol. The van der Waals surface area contributed by atoms with Gasteiger partial charge in [0.1, 0.15) is 5.75 Å². The molecular weight excluding hydrogens is 286 g/mol. The quantitative estimate of drug-likeness (QED) is 0.634. The molecule has 0 aliphatic heterocycles. The molecule has 0 N–H and O–H groups in total. The monoisotopic (exact) mass is 305 g/mol. The van der Waals surface area contributed by atoms with Gasteiger partial charge in [-0.15, -0.1) is 0 Å².